The molecule has 174 valence electrons. The SMILES string of the molecule is Cn1cnnc1Cc1cccc(-n2cc3c(C(F)(F)F)cc(COCCCO)cn3c2=O)c1. The molecule has 0 aliphatic carbocycles. The van der Waals surface area contributed by atoms with Crippen LogP contribution in [-0.2, 0) is 31.0 Å². The molecule has 0 saturated carbocycles. The smallest absolute Gasteiger partial charge is 0.396 e. The largest absolute Gasteiger partial charge is 0.418 e. The van der Waals surface area contributed by atoms with Gasteiger partial charge in [0.05, 0.1) is 23.4 Å². The van der Waals surface area contributed by atoms with E-state index in [1.54, 1.807) is 29.1 Å². The van der Waals surface area contributed by atoms with Crippen molar-refractivity contribution in [3.05, 3.63) is 82.1 Å². The molecule has 0 atom stereocenters. The van der Waals surface area contributed by atoms with E-state index in [1.165, 1.54) is 17.0 Å². The number of aromatic nitrogens is 5. The molecule has 0 aliphatic heterocycles. The van der Waals surface area contributed by atoms with Gasteiger partial charge in [-0.25, -0.2) is 4.79 Å². The van der Waals surface area contributed by atoms with Crippen LogP contribution in [0.4, 0.5) is 13.2 Å². The summed E-state index contributed by atoms with van der Waals surface area (Å²) in [6, 6.07) is 7.97. The highest BCUT2D eigenvalue weighted by molar-refractivity contribution is 5.58. The van der Waals surface area contributed by atoms with Gasteiger partial charge in [-0.15, -0.1) is 10.2 Å². The Morgan fingerprint density at radius 3 is 2.67 bits per heavy atom. The Bertz CT molecular complexity index is 1320. The average Bonchev–Trinajstić information content (AvgIpc) is 3.33. The molecule has 0 radical (unpaired) electrons. The van der Waals surface area contributed by atoms with Gasteiger partial charge in [-0.05, 0) is 35.7 Å². The maximum Gasteiger partial charge on any atom is 0.418 e. The fourth-order valence-electron chi connectivity index (χ4n) is 3.56. The second kappa shape index (κ2) is 9.20. The standard InChI is InChI=1S/C22H22F3N5O3/c1-28-14-26-27-20(28)10-15-4-2-5-17(8-15)29-12-19-18(22(23,24)25)9-16(11-30(19)21(29)32)13-33-7-3-6-31/h2,4-5,8-9,11-12,14,31H,3,6-7,10,13H2,1H3. The van der Waals surface area contributed by atoms with Crippen molar-refractivity contribution in [2.75, 3.05) is 13.2 Å². The first kappa shape index (κ1) is 22.7. The summed E-state index contributed by atoms with van der Waals surface area (Å²) in [6.07, 6.45) is 0.297. The molecule has 4 aromatic rings. The van der Waals surface area contributed by atoms with Gasteiger partial charge in [0.2, 0.25) is 0 Å². The van der Waals surface area contributed by atoms with Gasteiger partial charge in [-0.3, -0.25) is 8.97 Å². The Kier molecular flexibility index (Phi) is 6.34. The molecule has 0 aliphatic rings. The summed E-state index contributed by atoms with van der Waals surface area (Å²) in [4.78, 5) is 13.1. The fraction of sp³-hybridized carbons (Fsp3) is 0.318. The summed E-state index contributed by atoms with van der Waals surface area (Å²) in [5.41, 5.74) is -0.300. The molecule has 11 heteroatoms. The lowest BCUT2D eigenvalue weighted by Gasteiger charge is -2.11. The summed E-state index contributed by atoms with van der Waals surface area (Å²) < 4.78 is 50.6. The van der Waals surface area contributed by atoms with Crippen molar-refractivity contribution in [1.29, 1.82) is 0 Å². The number of aliphatic hydroxyl groups is 1. The predicted octanol–water partition coefficient (Wildman–Crippen LogP) is 2.73. The lowest BCUT2D eigenvalue weighted by atomic mass is 10.1. The molecule has 3 aromatic heterocycles. The van der Waals surface area contributed by atoms with Crippen molar-refractivity contribution < 1.29 is 23.0 Å². The van der Waals surface area contributed by atoms with E-state index in [1.807, 2.05) is 13.1 Å². The highest BCUT2D eigenvalue weighted by atomic mass is 19.4. The van der Waals surface area contributed by atoms with Crippen LogP contribution in [0.5, 0.6) is 0 Å². The number of aryl methyl sites for hydroxylation is 1. The molecular weight excluding hydrogens is 439 g/mol. The van der Waals surface area contributed by atoms with E-state index < -0.39 is 17.4 Å². The quantitative estimate of drug-likeness (QED) is 0.408. The number of hydrogen-bond acceptors (Lipinski definition) is 5. The van der Waals surface area contributed by atoms with Gasteiger partial charge in [0.15, 0.2) is 0 Å². The van der Waals surface area contributed by atoms with E-state index in [2.05, 4.69) is 10.2 Å². The molecule has 0 fully saturated rings. The van der Waals surface area contributed by atoms with Crippen molar-refractivity contribution in [2.45, 2.75) is 25.6 Å². The molecule has 1 N–H and O–H groups in total. The molecular formula is C22H22F3N5O3. The third-order valence-corrected chi connectivity index (χ3v) is 5.20. The van der Waals surface area contributed by atoms with Crippen molar-refractivity contribution >= 4 is 5.52 Å². The van der Waals surface area contributed by atoms with Gasteiger partial charge >= 0.3 is 11.9 Å². The first-order chi connectivity index (χ1) is 15.8. The second-order valence-corrected chi connectivity index (χ2v) is 7.63. The van der Waals surface area contributed by atoms with Gasteiger partial charge in [0.1, 0.15) is 12.2 Å². The highest BCUT2D eigenvalue weighted by Crippen LogP contribution is 2.33. The molecule has 1 aromatic carbocycles. The predicted molar refractivity (Wildman–Crippen MR) is 113 cm³/mol. The molecule has 0 amide bonds. The topological polar surface area (TPSA) is 86.6 Å². The molecule has 33 heavy (non-hydrogen) atoms. The summed E-state index contributed by atoms with van der Waals surface area (Å²) in [7, 11) is 1.81. The van der Waals surface area contributed by atoms with Crippen LogP contribution in [0.15, 0.2) is 53.8 Å². The monoisotopic (exact) mass is 461 g/mol. The van der Waals surface area contributed by atoms with Crippen molar-refractivity contribution in [2.24, 2.45) is 7.05 Å². The summed E-state index contributed by atoms with van der Waals surface area (Å²) in [6.45, 7) is 0.0127. The van der Waals surface area contributed by atoms with Gasteiger partial charge in [0.25, 0.3) is 0 Å². The van der Waals surface area contributed by atoms with Crippen LogP contribution in [0.1, 0.15) is 28.9 Å². The second-order valence-electron chi connectivity index (χ2n) is 7.63. The number of pyridine rings is 1. The number of hydrogen-bond donors (Lipinski definition) is 1. The fourth-order valence-corrected chi connectivity index (χ4v) is 3.56. The van der Waals surface area contributed by atoms with Gasteiger partial charge in [-0.1, -0.05) is 12.1 Å². The minimum Gasteiger partial charge on any atom is -0.396 e. The number of rotatable bonds is 8. The van der Waals surface area contributed by atoms with E-state index in [4.69, 9.17) is 9.84 Å². The normalized spacial score (nSPS) is 12.0. The first-order valence-corrected chi connectivity index (χ1v) is 10.2. The minimum atomic E-state index is -4.65. The maximum atomic E-state index is 13.8. The number of imidazole rings is 1. The van der Waals surface area contributed by atoms with Crippen LogP contribution < -0.4 is 5.69 Å². The third kappa shape index (κ3) is 4.83. The molecule has 3 heterocycles. The lowest BCUT2D eigenvalue weighted by Crippen LogP contribution is -2.20. The van der Waals surface area contributed by atoms with Gasteiger partial charge in [0, 0.05) is 39.1 Å². The molecule has 8 nitrogen and oxygen atoms in total. The van der Waals surface area contributed by atoms with Crippen LogP contribution in [0.3, 0.4) is 0 Å². The Balaban J connectivity index is 1.75. The molecule has 0 bridgehead atoms. The van der Waals surface area contributed by atoms with Crippen molar-refractivity contribution in [3.63, 3.8) is 0 Å². The van der Waals surface area contributed by atoms with Gasteiger partial charge < -0.3 is 14.4 Å². The van der Waals surface area contributed by atoms with Crippen LogP contribution in [0.2, 0.25) is 0 Å². The number of alkyl halides is 3. The van der Waals surface area contributed by atoms with Crippen LogP contribution in [0.25, 0.3) is 11.2 Å². The zero-order valence-electron chi connectivity index (χ0n) is 17.8. The van der Waals surface area contributed by atoms with E-state index in [0.29, 0.717) is 24.4 Å². The number of aliphatic hydroxyl groups excluding tert-OH is 1. The Labute approximate surface area is 186 Å². The van der Waals surface area contributed by atoms with E-state index >= 15 is 0 Å². The van der Waals surface area contributed by atoms with Crippen LogP contribution in [0, 0.1) is 0 Å². The summed E-state index contributed by atoms with van der Waals surface area (Å²) in [5.74, 6) is 0.715. The number of benzene rings is 1. The van der Waals surface area contributed by atoms with E-state index in [9.17, 15) is 18.0 Å². The van der Waals surface area contributed by atoms with Gasteiger partial charge in [-0.2, -0.15) is 13.2 Å². The van der Waals surface area contributed by atoms with Crippen molar-refractivity contribution in [3.8, 4) is 5.69 Å². The summed E-state index contributed by atoms with van der Waals surface area (Å²) >= 11 is 0. The molecule has 0 unspecified atom stereocenters. The van der Waals surface area contributed by atoms with E-state index in [-0.39, 0.29) is 30.9 Å². The number of fused-ring (bicyclic) bond motifs is 1. The Morgan fingerprint density at radius 1 is 1.15 bits per heavy atom. The Hall–Kier alpha value is -3.44. The number of ether oxygens (including phenoxy) is 1. The number of nitrogens with zero attached hydrogens (tertiary/aromatic N) is 5. The average molecular weight is 461 g/mol. The van der Waals surface area contributed by atoms with Crippen LogP contribution >= 0.6 is 0 Å². The molecule has 0 saturated heterocycles. The Morgan fingerprint density at radius 2 is 1.97 bits per heavy atom. The summed E-state index contributed by atoms with van der Waals surface area (Å²) in [5, 5.41) is 16.7. The maximum absolute atomic E-state index is 13.8. The first-order valence-electron chi connectivity index (χ1n) is 10.2. The van der Waals surface area contributed by atoms with E-state index in [0.717, 1.165) is 16.0 Å². The minimum absolute atomic E-state index is 0.0785. The van der Waals surface area contributed by atoms with Crippen molar-refractivity contribution in [1.82, 2.24) is 23.7 Å². The highest BCUT2D eigenvalue weighted by Gasteiger charge is 2.34. The number of halogens is 3. The lowest BCUT2D eigenvalue weighted by molar-refractivity contribution is -0.136. The molecule has 0 spiro atoms. The zero-order chi connectivity index (χ0) is 23.6. The molecule has 4 rings (SSSR count). The third-order valence-electron chi connectivity index (χ3n) is 5.20. The zero-order valence-corrected chi connectivity index (χ0v) is 17.8. The van der Waals surface area contributed by atoms with Crippen LogP contribution in [-0.4, -0.2) is 42.1 Å².